The van der Waals surface area contributed by atoms with Gasteiger partial charge in [-0.05, 0) is 53.8 Å². The Labute approximate surface area is 131 Å². The van der Waals surface area contributed by atoms with Crippen LogP contribution in [0.4, 0.5) is 0 Å². The van der Waals surface area contributed by atoms with Crippen molar-refractivity contribution < 1.29 is 0 Å². The second kappa shape index (κ2) is 5.76. The molecular weight excluding hydrogens is 266 g/mol. The molecule has 0 N–H and O–H groups in total. The Balaban J connectivity index is 1.96. The minimum absolute atomic E-state index is 1.13. The molecular formula is C21H19N. The molecule has 4 rings (SSSR count). The third kappa shape index (κ3) is 2.33. The van der Waals surface area contributed by atoms with E-state index in [1.165, 1.54) is 46.0 Å². The number of nitrogens with zero attached hydrogens (tertiary/aromatic N) is 1. The average molecular weight is 285 g/mol. The number of pyridine rings is 1. The smallest absolute Gasteiger partial charge is 0.0742 e. The van der Waals surface area contributed by atoms with Crippen molar-refractivity contribution in [2.24, 2.45) is 0 Å². The maximum atomic E-state index is 4.75. The molecule has 108 valence electrons. The maximum absolute atomic E-state index is 4.75. The summed E-state index contributed by atoms with van der Waals surface area (Å²) in [5.74, 6) is 0. The lowest BCUT2D eigenvalue weighted by Gasteiger charge is -2.21. The van der Waals surface area contributed by atoms with Gasteiger partial charge < -0.3 is 0 Å². The second-order valence-electron chi connectivity index (χ2n) is 5.91. The van der Waals surface area contributed by atoms with E-state index in [2.05, 4.69) is 60.7 Å². The van der Waals surface area contributed by atoms with Crippen molar-refractivity contribution in [3.8, 4) is 0 Å². The van der Waals surface area contributed by atoms with Crippen LogP contribution in [-0.4, -0.2) is 4.98 Å². The first kappa shape index (κ1) is 13.3. The summed E-state index contributed by atoms with van der Waals surface area (Å²) in [7, 11) is 0. The van der Waals surface area contributed by atoms with Crippen molar-refractivity contribution in [1.29, 1.82) is 0 Å². The fourth-order valence-electron chi connectivity index (χ4n) is 3.48. The van der Waals surface area contributed by atoms with Crippen LogP contribution in [0, 0.1) is 0 Å². The molecule has 3 aromatic rings. The van der Waals surface area contributed by atoms with Crippen LogP contribution >= 0.6 is 0 Å². The first-order valence-electron chi connectivity index (χ1n) is 8.05. The zero-order valence-electron chi connectivity index (χ0n) is 12.6. The SMILES string of the molecule is c1ccc(C2=C(c3nccc4ccccc34)CCCC2)cc1. The van der Waals surface area contributed by atoms with Gasteiger partial charge in [-0.2, -0.15) is 0 Å². The van der Waals surface area contributed by atoms with E-state index >= 15 is 0 Å². The van der Waals surface area contributed by atoms with Gasteiger partial charge in [0.1, 0.15) is 0 Å². The van der Waals surface area contributed by atoms with E-state index in [1.807, 2.05) is 6.20 Å². The van der Waals surface area contributed by atoms with Gasteiger partial charge >= 0.3 is 0 Å². The highest BCUT2D eigenvalue weighted by Crippen LogP contribution is 2.39. The van der Waals surface area contributed by atoms with E-state index < -0.39 is 0 Å². The highest BCUT2D eigenvalue weighted by atomic mass is 14.7. The molecule has 0 amide bonds. The molecule has 0 bridgehead atoms. The van der Waals surface area contributed by atoms with Crippen molar-refractivity contribution in [3.63, 3.8) is 0 Å². The Kier molecular flexibility index (Phi) is 3.48. The first-order valence-corrected chi connectivity index (χ1v) is 8.05. The van der Waals surface area contributed by atoms with Crippen molar-refractivity contribution >= 4 is 21.9 Å². The molecule has 0 fully saturated rings. The summed E-state index contributed by atoms with van der Waals surface area (Å²) in [5, 5.41) is 2.55. The molecule has 2 aromatic carbocycles. The van der Waals surface area contributed by atoms with Gasteiger partial charge in [0, 0.05) is 11.6 Å². The Morgan fingerprint density at radius 1 is 0.682 bits per heavy atom. The second-order valence-corrected chi connectivity index (χ2v) is 5.91. The van der Waals surface area contributed by atoms with E-state index in [9.17, 15) is 0 Å². The molecule has 1 nitrogen and oxygen atoms in total. The van der Waals surface area contributed by atoms with Gasteiger partial charge in [-0.25, -0.2) is 0 Å². The van der Waals surface area contributed by atoms with Crippen molar-refractivity contribution in [2.45, 2.75) is 25.7 Å². The summed E-state index contributed by atoms with van der Waals surface area (Å²) < 4.78 is 0. The zero-order chi connectivity index (χ0) is 14.8. The summed E-state index contributed by atoms with van der Waals surface area (Å²) in [5.41, 5.74) is 5.45. The van der Waals surface area contributed by atoms with Gasteiger partial charge in [0.05, 0.1) is 5.69 Å². The third-order valence-corrected chi connectivity index (χ3v) is 4.55. The monoisotopic (exact) mass is 285 g/mol. The molecule has 0 spiro atoms. The topological polar surface area (TPSA) is 12.9 Å². The Morgan fingerprint density at radius 3 is 2.27 bits per heavy atom. The highest BCUT2D eigenvalue weighted by Gasteiger charge is 2.18. The van der Waals surface area contributed by atoms with Crippen LogP contribution in [0.15, 0.2) is 66.9 Å². The summed E-state index contributed by atoms with van der Waals surface area (Å²) in [6.07, 6.45) is 6.77. The Bertz CT molecular complexity index is 825. The number of rotatable bonds is 2. The first-order chi connectivity index (χ1) is 10.9. The zero-order valence-corrected chi connectivity index (χ0v) is 12.6. The maximum Gasteiger partial charge on any atom is 0.0742 e. The average Bonchev–Trinajstić information content (AvgIpc) is 2.62. The molecule has 0 aliphatic heterocycles. The molecule has 0 saturated carbocycles. The minimum atomic E-state index is 1.13. The van der Waals surface area contributed by atoms with E-state index in [0.717, 1.165) is 12.8 Å². The molecule has 0 saturated heterocycles. The van der Waals surface area contributed by atoms with Crippen molar-refractivity contribution in [1.82, 2.24) is 4.98 Å². The standard InChI is InChI=1S/C21H19N/c1-2-8-16(9-3-1)18-11-6-7-13-20(18)21-19-12-5-4-10-17(19)14-15-22-21/h1-5,8-10,12,14-15H,6-7,11,13H2. The normalized spacial score (nSPS) is 15.3. The fourth-order valence-corrected chi connectivity index (χ4v) is 3.48. The number of hydrogen-bond acceptors (Lipinski definition) is 1. The largest absolute Gasteiger partial charge is 0.256 e. The lowest BCUT2D eigenvalue weighted by atomic mass is 9.84. The van der Waals surface area contributed by atoms with Crippen LogP contribution in [-0.2, 0) is 0 Å². The van der Waals surface area contributed by atoms with E-state index in [4.69, 9.17) is 4.98 Å². The number of benzene rings is 2. The number of allylic oxidation sites excluding steroid dienone is 2. The molecule has 1 heterocycles. The minimum Gasteiger partial charge on any atom is -0.256 e. The third-order valence-electron chi connectivity index (χ3n) is 4.55. The van der Waals surface area contributed by atoms with Gasteiger partial charge in [0.2, 0.25) is 0 Å². The van der Waals surface area contributed by atoms with E-state index in [-0.39, 0.29) is 0 Å². The predicted octanol–water partition coefficient (Wildman–Crippen LogP) is 5.72. The molecule has 22 heavy (non-hydrogen) atoms. The summed E-state index contributed by atoms with van der Waals surface area (Å²) in [6, 6.07) is 21.5. The van der Waals surface area contributed by atoms with Gasteiger partial charge in [-0.3, -0.25) is 4.98 Å². The summed E-state index contributed by atoms with van der Waals surface area (Å²) >= 11 is 0. The van der Waals surface area contributed by atoms with Gasteiger partial charge in [0.25, 0.3) is 0 Å². The molecule has 0 radical (unpaired) electrons. The van der Waals surface area contributed by atoms with Crippen LogP contribution < -0.4 is 0 Å². The predicted molar refractivity (Wildman–Crippen MR) is 93.5 cm³/mol. The summed E-state index contributed by atoms with van der Waals surface area (Å²) in [6.45, 7) is 0. The highest BCUT2D eigenvalue weighted by molar-refractivity contribution is 6.00. The van der Waals surface area contributed by atoms with E-state index in [1.54, 1.807) is 0 Å². The van der Waals surface area contributed by atoms with Gasteiger partial charge in [-0.15, -0.1) is 0 Å². The molecule has 1 aliphatic rings. The van der Waals surface area contributed by atoms with Crippen molar-refractivity contribution in [3.05, 3.63) is 78.1 Å². The van der Waals surface area contributed by atoms with Crippen LogP contribution in [0.3, 0.4) is 0 Å². The van der Waals surface area contributed by atoms with Crippen LogP contribution in [0.5, 0.6) is 0 Å². The Morgan fingerprint density at radius 2 is 1.41 bits per heavy atom. The van der Waals surface area contributed by atoms with Gasteiger partial charge in [-0.1, -0.05) is 54.6 Å². The van der Waals surface area contributed by atoms with Crippen LogP contribution in [0.1, 0.15) is 36.9 Å². The van der Waals surface area contributed by atoms with Crippen LogP contribution in [0.25, 0.3) is 21.9 Å². The fraction of sp³-hybridized carbons (Fsp3) is 0.190. The molecule has 1 aromatic heterocycles. The van der Waals surface area contributed by atoms with Crippen LogP contribution in [0.2, 0.25) is 0 Å². The molecule has 1 aliphatic carbocycles. The van der Waals surface area contributed by atoms with Crippen molar-refractivity contribution in [2.75, 3.05) is 0 Å². The molecule has 1 heteroatoms. The lowest BCUT2D eigenvalue weighted by molar-refractivity contribution is 0.751. The lowest BCUT2D eigenvalue weighted by Crippen LogP contribution is -2.01. The number of hydrogen-bond donors (Lipinski definition) is 0. The molecule has 0 unspecified atom stereocenters. The molecule has 0 atom stereocenters. The Hall–Kier alpha value is -2.41. The van der Waals surface area contributed by atoms with Gasteiger partial charge in [0.15, 0.2) is 0 Å². The quantitative estimate of drug-likeness (QED) is 0.587. The number of fused-ring (bicyclic) bond motifs is 1. The van der Waals surface area contributed by atoms with E-state index in [0.29, 0.717) is 0 Å². The summed E-state index contributed by atoms with van der Waals surface area (Å²) in [4.78, 5) is 4.75. The number of aromatic nitrogens is 1.